The molecule has 0 radical (unpaired) electrons. The largest absolute Gasteiger partial charge is 0.363 e. The molecule has 0 atom stereocenters. The Morgan fingerprint density at radius 3 is 2.18 bits per heavy atom. The van der Waals surface area contributed by atoms with Crippen molar-refractivity contribution in [1.82, 2.24) is 8.28 Å². The van der Waals surface area contributed by atoms with Crippen LogP contribution in [-0.2, 0) is 20.2 Å². The van der Waals surface area contributed by atoms with Crippen molar-refractivity contribution in [2.75, 3.05) is 19.3 Å². The molecular weight excluding hydrogens is 334 g/mol. The molecule has 9 nitrogen and oxygen atoms in total. The molecule has 4 N–H and O–H groups in total. The number of hydrogen-bond donors (Lipinski definition) is 3. The van der Waals surface area contributed by atoms with Gasteiger partial charge in [-0.25, -0.2) is 21.8 Å². The molecule has 2 rings (SSSR count). The van der Waals surface area contributed by atoms with E-state index in [1.807, 2.05) is 0 Å². The Kier molecular flexibility index (Phi) is 4.66. The fourth-order valence-corrected chi connectivity index (χ4v) is 4.35. The van der Waals surface area contributed by atoms with Crippen LogP contribution in [0.5, 0.6) is 0 Å². The van der Waals surface area contributed by atoms with Crippen LogP contribution in [0.1, 0.15) is 36.3 Å². The van der Waals surface area contributed by atoms with Gasteiger partial charge in [-0.2, -0.15) is 8.42 Å². The standard InChI is InChI=1S/C11H19N3O6S2/c1-21(17,18)13-5-2-8(3-6-13)9-4-7-14(22(12,19)20)10(9)11(15)16/h4,7-8,11,15-16H,2-3,5-6H2,1H3,(H2,12,19,20). The highest BCUT2D eigenvalue weighted by Crippen LogP contribution is 2.34. The Balaban J connectivity index is 2.30. The average Bonchev–Trinajstić information content (AvgIpc) is 2.82. The van der Waals surface area contributed by atoms with Crippen LogP contribution in [0.3, 0.4) is 0 Å². The normalized spacial score (nSPS) is 19.0. The predicted molar refractivity (Wildman–Crippen MR) is 78.5 cm³/mol. The first-order valence-corrected chi connectivity index (χ1v) is 9.92. The summed E-state index contributed by atoms with van der Waals surface area (Å²) in [5, 5.41) is 24.0. The maximum absolute atomic E-state index is 11.5. The molecule has 1 aliphatic rings. The highest BCUT2D eigenvalue weighted by atomic mass is 32.2. The summed E-state index contributed by atoms with van der Waals surface area (Å²) < 4.78 is 47.9. The molecule has 0 aliphatic carbocycles. The molecule has 1 fully saturated rings. The number of hydrogen-bond acceptors (Lipinski definition) is 6. The summed E-state index contributed by atoms with van der Waals surface area (Å²) in [4.78, 5) is 0. The minimum absolute atomic E-state index is 0.169. The lowest BCUT2D eigenvalue weighted by Gasteiger charge is -2.30. The Morgan fingerprint density at radius 2 is 1.77 bits per heavy atom. The maximum Gasteiger partial charge on any atom is 0.302 e. The summed E-state index contributed by atoms with van der Waals surface area (Å²) in [7, 11) is -7.40. The minimum atomic E-state index is -4.14. The van der Waals surface area contributed by atoms with Gasteiger partial charge in [-0.3, -0.25) is 0 Å². The van der Waals surface area contributed by atoms with Crippen LogP contribution in [0, 0.1) is 0 Å². The Hall–Kier alpha value is -0.980. The molecule has 0 bridgehead atoms. The lowest BCUT2D eigenvalue weighted by atomic mass is 9.90. The molecule has 0 amide bonds. The number of aromatic nitrogens is 1. The molecule has 1 aliphatic heterocycles. The maximum atomic E-state index is 11.5. The molecular formula is C11H19N3O6S2. The van der Waals surface area contributed by atoms with Gasteiger partial charge in [-0.15, -0.1) is 0 Å². The van der Waals surface area contributed by atoms with Gasteiger partial charge in [0.05, 0.1) is 11.9 Å². The quantitative estimate of drug-likeness (QED) is 0.572. The van der Waals surface area contributed by atoms with E-state index in [2.05, 4.69) is 0 Å². The summed E-state index contributed by atoms with van der Waals surface area (Å²) in [6.45, 7) is 0.593. The summed E-state index contributed by atoms with van der Waals surface area (Å²) in [6.07, 6.45) is 1.23. The van der Waals surface area contributed by atoms with Crippen molar-refractivity contribution in [3.05, 3.63) is 23.5 Å². The highest BCUT2D eigenvalue weighted by molar-refractivity contribution is 7.88. The number of piperidine rings is 1. The number of sulfonamides is 1. The van der Waals surface area contributed by atoms with Crippen molar-refractivity contribution in [2.24, 2.45) is 5.14 Å². The van der Waals surface area contributed by atoms with Crippen molar-refractivity contribution in [3.8, 4) is 0 Å². The van der Waals surface area contributed by atoms with Crippen LogP contribution in [0.2, 0.25) is 0 Å². The second-order valence-corrected chi connectivity index (χ2v) is 8.71. The van der Waals surface area contributed by atoms with Crippen LogP contribution in [0.15, 0.2) is 12.3 Å². The molecule has 1 aromatic rings. The fraction of sp³-hybridized carbons (Fsp3) is 0.636. The van der Waals surface area contributed by atoms with Gasteiger partial charge >= 0.3 is 10.2 Å². The van der Waals surface area contributed by atoms with Gasteiger partial charge in [-0.05, 0) is 30.4 Å². The smallest absolute Gasteiger partial charge is 0.302 e. The molecule has 126 valence electrons. The van der Waals surface area contributed by atoms with Gasteiger partial charge < -0.3 is 10.2 Å². The topological polar surface area (TPSA) is 143 Å². The van der Waals surface area contributed by atoms with Crippen LogP contribution in [0.25, 0.3) is 0 Å². The van der Waals surface area contributed by atoms with Gasteiger partial charge in [0.2, 0.25) is 10.0 Å². The van der Waals surface area contributed by atoms with Gasteiger partial charge in [0.25, 0.3) is 0 Å². The number of aliphatic hydroxyl groups excluding tert-OH is 1. The van der Waals surface area contributed by atoms with E-state index in [0.717, 1.165) is 6.26 Å². The molecule has 22 heavy (non-hydrogen) atoms. The minimum Gasteiger partial charge on any atom is -0.363 e. The van der Waals surface area contributed by atoms with Gasteiger partial charge in [-0.1, -0.05) is 0 Å². The molecule has 1 aromatic heterocycles. The van der Waals surface area contributed by atoms with Crippen LogP contribution < -0.4 is 5.14 Å². The third-order valence-electron chi connectivity index (χ3n) is 3.80. The van der Waals surface area contributed by atoms with Crippen molar-refractivity contribution in [2.45, 2.75) is 25.0 Å². The van der Waals surface area contributed by atoms with E-state index >= 15 is 0 Å². The number of nitrogens with two attached hydrogens (primary N) is 1. The molecule has 1 saturated heterocycles. The number of rotatable bonds is 4. The summed E-state index contributed by atoms with van der Waals surface area (Å²) in [6, 6.07) is 1.47. The molecule has 11 heteroatoms. The van der Waals surface area contributed by atoms with Crippen molar-refractivity contribution in [1.29, 1.82) is 0 Å². The summed E-state index contributed by atoms with van der Waals surface area (Å²) in [5.41, 5.74) is 0.262. The van der Waals surface area contributed by atoms with E-state index in [9.17, 15) is 27.0 Å². The SMILES string of the molecule is CS(=O)(=O)N1CCC(c2ccn(S(N)(=O)=O)c2C(O)O)CC1. The molecule has 0 spiro atoms. The fourth-order valence-electron chi connectivity index (χ4n) is 2.77. The average molecular weight is 353 g/mol. The summed E-state index contributed by atoms with van der Waals surface area (Å²) >= 11 is 0. The second-order valence-electron chi connectivity index (χ2n) is 5.31. The zero-order chi connectivity index (χ0) is 16.7. The van der Waals surface area contributed by atoms with E-state index in [1.54, 1.807) is 0 Å². The lowest BCUT2D eigenvalue weighted by Crippen LogP contribution is -2.37. The Morgan fingerprint density at radius 1 is 1.23 bits per heavy atom. The van der Waals surface area contributed by atoms with Crippen LogP contribution in [-0.4, -0.2) is 54.7 Å². The van der Waals surface area contributed by atoms with Crippen LogP contribution in [0.4, 0.5) is 0 Å². The molecule has 0 unspecified atom stereocenters. The Labute approximate surface area is 129 Å². The third kappa shape index (κ3) is 3.50. The highest BCUT2D eigenvalue weighted by Gasteiger charge is 2.30. The van der Waals surface area contributed by atoms with E-state index in [-0.39, 0.29) is 11.6 Å². The second kappa shape index (κ2) is 5.91. The summed E-state index contributed by atoms with van der Waals surface area (Å²) in [5.74, 6) is -0.169. The molecule has 0 aromatic carbocycles. The molecule has 0 saturated carbocycles. The lowest BCUT2D eigenvalue weighted by molar-refractivity contribution is -0.0473. The number of nitrogens with zero attached hydrogens (tertiary/aromatic N) is 2. The number of aliphatic hydroxyl groups is 2. The van der Waals surface area contributed by atoms with Crippen LogP contribution >= 0.6 is 0 Å². The van der Waals surface area contributed by atoms with E-state index < -0.39 is 26.5 Å². The van der Waals surface area contributed by atoms with Gasteiger partial charge in [0, 0.05) is 19.3 Å². The third-order valence-corrected chi connectivity index (χ3v) is 5.97. The first kappa shape index (κ1) is 17.4. The molecule has 2 heterocycles. The first-order valence-electron chi connectivity index (χ1n) is 6.57. The van der Waals surface area contributed by atoms with Gasteiger partial charge in [0.1, 0.15) is 0 Å². The van der Waals surface area contributed by atoms with Crippen molar-refractivity contribution in [3.63, 3.8) is 0 Å². The van der Waals surface area contributed by atoms with E-state index in [1.165, 1.54) is 16.6 Å². The zero-order valence-corrected chi connectivity index (χ0v) is 13.6. The predicted octanol–water partition coefficient (Wildman–Crippen LogP) is -1.34. The van der Waals surface area contributed by atoms with E-state index in [4.69, 9.17) is 5.14 Å². The van der Waals surface area contributed by atoms with Gasteiger partial charge in [0.15, 0.2) is 6.29 Å². The zero-order valence-electron chi connectivity index (χ0n) is 12.0. The monoisotopic (exact) mass is 353 g/mol. The van der Waals surface area contributed by atoms with E-state index in [0.29, 0.717) is 35.5 Å². The Bertz CT molecular complexity index is 745. The first-order chi connectivity index (χ1) is 10.0. The van der Waals surface area contributed by atoms with Crippen molar-refractivity contribution < 1.29 is 27.0 Å². The van der Waals surface area contributed by atoms with Crippen molar-refractivity contribution >= 4 is 20.2 Å².